The lowest BCUT2D eigenvalue weighted by atomic mass is 9.99. The number of benzene rings is 1. The average molecular weight is 446 g/mol. The van der Waals surface area contributed by atoms with Crippen LogP contribution in [0.1, 0.15) is 31.4 Å². The van der Waals surface area contributed by atoms with Crippen molar-refractivity contribution in [3.63, 3.8) is 0 Å². The van der Waals surface area contributed by atoms with Crippen molar-refractivity contribution in [2.45, 2.75) is 38.8 Å². The maximum absolute atomic E-state index is 5.42. The Morgan fingerprint density at radius 2 is 2.08 bits per heavy atom. The fraction of sp³-hybridized carbons (Fsp3) is 0.611. The second-order valence-electron chi connectivity index (χ2n) is 6.73. The third-order valence-electron chi connectivity index (χ3n) is 4.41. The molecule has 0 saturated heterocycles. The molecule has 6 heteroatoms. The molecule has 2 rings (SSSR count). The molecule has 0 radical (unpaired) electrons. The monoisotopic (exact) mass is 446 g/mol. The minimum absolute atomic E-state index is 0. The summed E-state index contributed by atoms with van der Waals surface area (Å²) in [5, 5.41) is 6.68. The summed E-state index contributed by atoms with van der Waals surface area (Å²) in [5.41, 5.74) is 3.88. The molecule has 1 aliphatic rings. The number of methoxy groups -OCH3 is 1. The Bertz CT molecular complexity index is 560. The van der Waals surface area contributed by atoms with E-state index in [9.17, 15) is 0 Å². The van der Waals surface area contributed by atoms with Crippen molar-refractivity contribution in [2.75, 3.05) is 39.2 Å². The highest BCUT2D eigenvalue weighted by Gasteiger charge is 2.17. The maximum atomic E-state index is 5.42. The molecule has 0 amide bonds. The lowest BCUT2D eigenvalue weighted by Gasteiger charge is -2.28. The first-order chi connectivity index (χ1) is 10.9. The van der Waals surface area contributed by atoms with Crippen molar-refractivity contribution >= 4 is 35.6 Å². The number of hydrogen-bond acceptors (Lipinski definition) is 3. The fourth-order valence-electron chi connectivity index (χ4n) is 2.72. The molecule has 0 unspecified atom stereocenters. The smallest absolute Gasteiger partial charge is 0.191 e. The normalized spacial score (nSPS) is 14.7. The van der Waals surface area contributed by atoms with Gasteiger partial charge in [-0.3, -0.25) is 4.99 Å². The molecule has 2 N–H and O–H groups in total. The van der Waals surface area contributed by atoms with Gasteiger partial charge in [-0.2, -0.15) is 0 Å². The summed E-state index contributed by atoms with van der Waals surface area (Å²) in [6, 6.07) is 6.74. The zero-order chi connectivity index (χ0) is 16.9. The van der Waals surface area contributed by atoms with Crippen LogP contribution in [0.5, 0.6) is 0 Å². The van der Waals surface area contributed by atoms with Gasteiger partial charge in [-0.15, -0.1) is 24.0 Å². The van der Waals surface area contributed by atoms with Crippen LogP contribution in [0.3, 0.4) is 0 Å². The highest BCUT2D eigenvalue weighted by atomic mass is 127. The van der Waals surface area contributed by atoms with E-state index in [0.717, 1.165) is 19.0 Å². The zero-order valence-corrected chi connectivity index (χ0v) is 17.8. The predicted molar refractivity (Wildman–Crippen MR) is 113 cm³/mol. The molecule has 136 valence electrons. The Balaban J connectivity index is 0.00000288. The minimum atomic E-state index is -0.214. The first kappa shape index (κ1) is 21.0. The average Bonchev–Trinajstić information content (AvgIpc) is 2.55. The van der Waals surface area contributed by atoms with Crippen LogP contribution in [0.2, 0.25) is 0 Å². The van der Waals surface area contributed by atoms with Crippen LogP contribution in [0.4, 0.5) is 5.69 Å². The first-order valence-corrected chi connectivity index (χ1v) is 8.28. The van der Waals surface area contributed by atoms with E-state index in [2.05, 4.69) is 45.8 Å². The van der Waals surface area contributed by atoms with Gasteiger partial charge in [0, 0.05) is 46.5 Å². The number of guanidine groups is 1. The van der Waals surface area contributed by atoms with Gasteiger partial charge < -0.3 is 20.3 Å². The number of anilines is 1. The van der Waals surface area contributed by atoms with Gasteiger partial charge in [0.15, 0.2) is 5.96 Å². The summed E-state index contributed by atoms with van der Waals surface area (Å²) in [4.78, 5) is 6.61. The number of rotatable bonds is 5. The first-order valence-electron chi connectivity index (χ1n) is 8.28. The van der Waals surface area contributed by atoms with Crippen molar-refractivity contribution in [1.82, 2.24) is 10.6 Å². The summed E-state index contributed by atoms with van der Waals surface area (Å²) >= 11 is 0. The van der Waals surface area contributed by atoms with Crippen LogP contribution >= 0.6 is 24.0 Å². The molecular formula is C18H31IN4O. The highest BCUT2D eigenvalue weighted by Crippen LogP contribution is 2.26. The number of ether oxygens (including phenoxy) is 1. The van der Waals surface area contributed by atoms with E-state index >= 15 is 0 Å². The van der Waals surface area contributed by atoms with Crippen LogP contribution in [0, 0.1) is 0 Å². The molecule has 1 heterocycles. The molecule has 24 heavy (non-hydrogen) atoms. The zero-order valence-electron chi connectivity index (χ0n) is 15.5. The van der Waals surface area contributed by atoms with Crippen molar-refractivity contribution in [1.29, 1.82) is 0 Å². The molecule has 1 aliphatic heterocycles. The van der Waals surface area contributed by atoms with E-state index in [1.165, 1.54) is 29.7 Å². The van der Waals surface area contributed by atoms with E-state index in [0.29, 0.717) is 6.54 Å². The van der Waals surface area contributed by atoms with Crippen LogP contribution < -0.4 is 15.5 Å². The standard InChI is InChI=1S/C18H30N4O.HI/c1-18(2,23-5)13-21-17(19-3)20-12-14-8-9-16-15(11-14)7-6-10-22(16)4;/h8-9,11H,6-7,10,12-13H2,1-5H3,(H2,19,20,21);1H. The predicted octanol–water partition coefficient (Wildman–Crippen LogP) is 2.78. The van der Waals surface area contributed by atoms with Gasteiger partial charge in [-0.1, -0.05) is 12.1 Å². The summed E-state index contributed by atoms with van der Waals surface area (Å²) in [5.74, 6) is 0.796. The number of fused-ring (bicyclic) bond motifs is 1. The molecule has 0 bridgehead atoms. The van der Waals surface area contributed by atoms with Crippen LogP contribution in [-0.2, 0) is 17.7 Å². The number of aryl methyl sites for hydroxylation is 1. The van der Waals surface area contributed by atoms with Gasteiger partial charge in [0.25, 0.3) is 0 Å². The lowest BCUT2D eigenvalue weighted by Crippen LogP contribution is -2.45. The molecule has 0 saturated carbocycles. The third kappa shape index (κ3) is 5.81. The summed E-state index contributed by atoms with van der Waals surface area (Å²) in [7, 11) is 5.68. The quantitative estimate of drug-likeness (QED) is 0.415. The highest BCUT2D eigenvalue weighted by molar-refractivity contribution is 14.0. The minimum Gasteiger partial charge on any atom is -0.377 e. The second kappa shape index (κ2) is 9.46. The molecular weight excluding hydrogens is 415 g/mol. The molecule has 0 fully saturated rings. The van der Waals surface area contributed by atoms with E-state index < -0.39 is 0 Å². The molecule has 0 aromatic heterocycles. The van der Waals surface area contributed by atoms with Crippen molar-refractivity contribution in [2.24, 2.45) is 4.99 Å². The molecule has 0 aliphatic carbocycles. The van der Waals surface area contributed by atoms with Crippen LogP contribution in [0.15, 0.2) is 23.2 Å². The van der Waals surface area contributed by atoms with E-state index in [1.807, 2.05) is 13.8 Å². The van der Waals surface area contributed by atoms with Gasteiger partial charge in [-0.05, 0) is 43.9 Å². The Morgan fingerprint density at radius 3 is 2.75 bits per heavy atom. The molecule has 1 aromatic carbocycles. The van der Waals surface area contributed by atoms with E-state index in [4.69, 9.17) is 4.74 Å². The van der Waals surface area contributed by atoms with Gasteiger partial charge in [-0.25, -0.2) is 0 Å². The van der Waals surface area contributed by atoms with E-state index in [1.54, 1.807) is 14.2 Å². The fourth-order valence-corrected chi connectivity index (χ4v) is 2.72. The van der Waals surface area contributed by atoms with Gasteiger partial charge in [0.05, 0.1) is 5.60 Å². The number of halogens is 1. The van der Waals surface area contributed by atoms with Crippen LogP contribution in [-0.4, -0.2) is 45.9 Å². The second-order valence-corrected chi connectivity index (χ2v) is 6.73. The number of aliphatic imine (C=N–C) groups is 1. The van der Waals surface area contributed by atoms with Crippen molar-refractivity contribution in [3.05, 3.63) is 29.3 Å². The van der Waals surface area contributed by atoms with Crippen LogP contribution in [0.25, 0.3) is 0 Å². The Labute approximate surface area is 163 Å². The lowest BCUT2D eigenvalue weighted by molar-refractivity contribution is 0.0268. The summed E-state index contributed by atoms with van der Waals surface area (Å²) < 4.78 is 5.42. The molecule has 1 aromatic rings. The van der Waals surface area contributed by atoms with Crippen molar-refractivity contribution in [3.8, 4) is 0 Å². The number of hydrogen-bond donors (Lipinski definition) is 2. The van der Waals surface area contributed by atoms with E-state index in [-0.39, 0.29) is 29.6 Å². The Kier molecular flexibility index (Phi) is 8.29. The topological polar surface area (TPSA) is 48.9 Å². The summed E-state index contributed by atoms with van der Waals surface area (Å²) in [6.07, 6.45) is 2.40. The third-order valence-corrected chi connectivity index (χ3v) is 4.41. The molecule has 0 spiro atoms. The maximum Gasteiger partial charge on any atom is 0.191 e. The number of nitrogens with zero attached hydrogens (tertiary/aromatic N) is 2. The van der Waals surface area contributed by atoms with Gasteiger partial charge in [0.2, 0.25) is 0 Å². The number of nitrogens with one attached hydrogen (secondary N) is 2. The molecule has 0 atom stereocenters. The summed E-state index contributed by atoms with van der Waals surface area (Å²) in [6.45, 7) is 6.72. The van der Waals surface area contributed by atoms with Gasteiger partial charge in [0.1, 0.15) is 0 Å². The Morgan fingerprint density at radius 1 is 1.33 bits per heavy atom. The van der Waals surface area contributed by atoms with Crippen molar-refractivity contribution < 1.29 is 4.74 Å². The SMILES string of the molecule is CN=C(NCc1ccc2c(c1)CCCN2C)NCC(C)(C)OC.I. The largest absolute Gasteiger partial charge is 0.377 e. The van der Waals surface area contributed by atoms with Gasteiger partial charge >= 0.3 is 0 Å². The Hall–Kier alpha value is -1.02. The molecule has 5 nitrogen and oxygen atoms in total.